The summed E-state index contributed by atoms with van der Waals surface area (Å²) in [5, 5.41) is 4.80. The lowest BCUT2D eigenvalue weighted by Crippen LogP contribution is -2.04. The van der Waals surface area contributed by atoms with Crippen LogP contribution in [0.1, 0.15) is 11.3 Å². The Bertz CT molecular complexity index is 1890. The maximum absolute atomic E-state index is 11.0. The number of hydrogen-bond donors (Lipinski definition) is 2. The minimum absolute atomic E-state index is 0.0402. The van der Waals surface area contributed by atoms with E-state index < -0.39 is 0 Å². The number of carbonyl (C=O) groups is 2. The molecule has 7 rings (SSSR count). The van der Waals surface area contributed by atoms with Crippen molar-refractivity contribution in [2.24, 2.45) is 0 Å². The molecule has 2 heterocycles. The molecule has 1 aliphatic rings. The van der Waals surface area contributed by atoms with E-state index in [-0.39, 0.29) is 17.2 Å². The summed E-state index contributed by atoms with van der Waals surface area (Å²) >= 11 is 0. The molecular weight excluding hydrogens is 510 g/mol. The van der Waals surface area contributed by atoms with E-state index in [4.69, 9.17) is 4.98 Å². The quantitative estimate of drug-likeness (QED) is 0.218. The predicted octanol–water partition coefficient (Wildman–Crippen LogP) is 5.53. The van der Waals surface area contributed by atoms with Crippen LogP contribution in [0.2, 0.25) is 0 Å². The smallest absolute Gasteiger partial charge is 0.146 e. The van der Waals surface area contributed by atoms with Gasteiger partial charge in [-0.2, -0.15) is 0 Å². The largest absolute Gasteiger partial charge is 0.341 e. The third-order valence-electron chi connectivity index (χ3n) is 7.24. The highest BCUT2D eigenvalue weighted by molar-refractivity contribution is 7.62. The first kappa shape index (κ1) is 23.2. The summed E-state index contributed by atoms with van der Waals surface area (Å²) in [6.45, 7) is 0. The van der Waals surface area contributed by atoms with E-state index in [2.05, 4.69) is 81.7 Å². The Labute approximate surface area is 221 Å². The van der Waals surface area contributed by atoms with Crippen molar-refractivity contribution in [3.63, 3.8) is 0 Å². The maximum Gasteiger partial charge on any atom is 0.146 e. The number of aryl methyl sites for hydroxylation is 2. The zero-order valence-corrected chi connectivity index (χ0v) is 22.2. The van der Waals surface area contributed by atoms with Gasteiger partial charge < -0.3 is 9.97 Å². The zero-order chi connectivity index (χ0) is 25.6. The summed E-state index contributed by atoms with van der Waals surface area (Å²) < 4.78 is 0. The van der Waals surface area contributed by atoms with Crippen molar-refractivity contribution >= 4 is 61.9 Å². The van der Waals surface area contributed by atoms with Crippen LogP contribution in [0.15, 0.2) is 72.9 Å². The Kier molecular flexibility index (Phi) is 5.73. The van der Waals surface area contributed by atoms with Gasteiger partial charge >= 0.3 is 0 Å². The molecule has 0 saturated carbocycles. The number of aromatic nitrogens is 4. The van der Waals surface area contributed by atoms with Crippen LogP contribution in [0, 0.1) is 0 Å². The molecule has 0 radical (unpaired) electrons. The lowest BCUT2D eigenvalue weighted by Gasteiger charge is -2.18. The molecule has 6 aromatic rings. The zero-order valence-electron chi connectivity index (χ0n) is 20.2. The molecule has 8 heteroatoms. The number of rotatable bonds is 6. The van der Waals surface area contributed by atoms with Crippen molar-refractivity contribution in [2.75, 3.05) is 0 Å². The number of benzene rings is 4. The van der Waals surface area contributed by atoms with E-state index in [1.807, 2.05) is 0 Å². The Morgan fingerprint density at radius 2 is 1.39 bits per heavy atom. The first-order chi connectivity index (χ1) is 18.7. The van der Waals surface area contributed by atoms with Gasteiger partial charge in [0, 0.05) is 34.0 Å². The minimum Gasteiger partial charge on any atom is -0.341 e. The third-order valence-corrected chi connectivity index (χ3v) is 8.52. The van der Waals surface area contributed by atoms with Gasteiger partial charge in [-0.15, -0.1) is 0 Å². The lowest BCUT2D eigenvalue weighted by molar-refractivity contribution is 0.569. The van der Waals surface area contributed by atoms with Crippen LogP contribution in [0.5, 0.6) is 0 Å². The number of carbonyl (C=O) groups excluding carboxylic acids is 2. The van der Waals surface area contributed by atoms with Gasteiger partial charge in [0.2, 0.25) is 0 Å². The van der Waals surface area contributed by atoms with Gasteiger partial charge in [0.25, 0.3) is 0 Å². The van der Waals surface area contributed by atoms with Crippen LogP contribution in [0.4, 0.5) is 0 Å². The first-order valence-corrected chi connectivity index (χ1v) is 14.5. The highest BCUT2D eigenvalue weighted by Crippen LogP contribution is 2.38. The Morgan fingerprint density at radius 1 is 0.711 bits per heavy atom. The van der Waals surface area contributed by atoms with Gasteiger partial charge in [-0.25, -0.2) is 9.97 Å². The first-order valence-electron chi connectivity index (χ1n) is 12.3. The van der Waals surface area contributed by atoms with Crippen LogP contribution in [-0.2, 0) is 22.4 Å². The molecule has 0 aliphatic heterocycles. The van der Waals surface area contributed by atoms with E-state index in [1.165, 1.54) is 38.4 Å². The number of imidazole rings is 2. The van der Waals surface area contributed by atoms with Crippen molar-refractivity contribution in [3.05, 3.63) is 84.2 Å². The molecule has 0 saturated heterocycles. The fourth-order valence-electron chi connectivity index (χ4n) is 5.44. The molecule has 2 aromatic heterocycles. The highest BCUT2D eigenvalue weighted by Gasteiger charge is 2.22. The Balaban J connectivity index is 1.23. The monoisotopic (exact) mass is 532 g/mol. The van der Waals surface area contributed by atoms with Gasteiger partial charge in [-0.3, -0.25) is 9.59 Å². The minimum atomic E-state index is 0.0402. The van der Waals surface area contributed by atoms with E-state index >= 15 is 0 Å². The Morgan fingerprint density at radius 3 is 2.21 bits per heavy atom. The number of nitrogens with one attached hydrogen (secondary N) is 2. The summed E-state index contributed by atoms with van der Waals surface area (Å²) in [7, 11) is 0.101. The summed E-state index contributed by atoms with van der Waals surface area (Å²) in [6.07, 6.45) is 3.65. The average Bonchev–Trinajstić information content (AvgIpc) is 3.59. The molecule has 0 amide bonds. The summed E-state index contributed by atoms with van der Waals surface area (Å²) in [5.41, 5.74) is 10.4. The molecule has 184 valence electrons. The normalized spacial score (nSPS) is 13.1. The Hall–Kier alpha value is -3.98. The number of H-pyrrole nitrogens is 2. The fraction of sp³-hybridized carbons (Fsp3) is 0.0667. The van der Waals surface area contributed by atoms with Crippen LogP contribution in [0.3, 0.4) is 0 Å². The second kappa shape index (κ2) is 9.40. The van der Waals surface area contributed by atoms with Crippen LogP contribution in [0.25, 0.3) is 55.2 Å². The topological polar surface area (TPSA) is 91.5 Å². The summed E-state index contributed by atoms with van der Waals surface area (Å²) in [4.78, 5) is 37.3. The lowest BCUT2D eigenvalue weighted by atomic mass is 9.87. The van der Waals surface area contributed by atoms with E-state index in [1.54, 1.807) is 6.20 Å². The molecular formula is C30H22N4O2P2. The number of hydrogen-bond acceptors (Lipinski definition) is 4. The van der Waals surface area contributed by atoms with Crippen molar-refractivity contribution < 1.29 is 9.59 Å². The van der Waals surface area contributed by atoms with E-state index in [0.717, 1.165) is 58.5 Å². The van der Waals surface area contributed by atoms with Gasteiger partial charge in [0.15, 0.2) is 0 Å². The number of nitrogens with zero attached hydrogens (tertiary/aromatic N) is 2. The van der Waals surface area contributed by atoms with Gasteiger partial charge in [-0.05, 0) is 69.3 Å². The molecule has 2 N–H and O–H groups in total. The van der Waals surface area contributed by atoms with Crippen LogP contribution < -0.4 is 11.1 Å². The number of fused-ring (bicyclic) bond motifs is 6. The van der Waals surface area contributed by atoms with Crippen LogP contribution in [-0.4, -0.2) is 32.0 Å². The van der Waals surface area contributed by atoms with Gasteiger partial charge in [0.1, 0.15) is 23.2 Å². The van der Waals surface area contributed by atoms with Crippen molar-refractivity contribution in [1.82, 2.24) is 19.9 Å². The molecule has 6 nitrogen and oxygen atoms in total. The van der Waals surface area contributed by atoms with E-state index in [0.29, 0.717) is 5.57 Å². The average molecular weight is 532 g/mol. The highest BCUT2D eigenvalue weighted by atomic mass is 31.1. The second-order valence-electron chi connectivity index (χ2n) is 9.39. The van der Waals surface area contributed by atoms with Gasteiger partial charge in [-0.1, -0.05) is 48.5 Å². The standard InChI is InChI=1S/C30H22N4O2P2/c35-15-37-29-31-14-27(33-29)22-4-3-18-11-17(1-2-19(18)13-22)20-5-7-23-21(12-20)6-8-25-24(23)9-10-26-28(25)34-30(32-26)38-16-36/h1-8,11-16,37-38H,9-10H2,(H,31,33)(H,32,34). The van der Waals surface area contributed by atoms with Gasteiger partial charge in [0.05, 0.1) is 17.6 Å². The number of aromatic amines is 2. The molecule has 2 atom stereocenters. The van der Waals surface area contributed by atoms with Crippen molar-refractivity contribution in [3.8, 4) is 33.6 Å². The second-order valence-corrected chi connectivity index (χ2v) is 11.4. The molecule has 1 aliphatic carbocycles. The molecule has 2 unspecified atom stereocenters. The van der Waals surface area contributed by atoms with E-state index in [9.17, 15) is 9.59 Å². The summed E-state index contributed by atoms with van der Waals surface area (Å²) in [5.74, 6) is 0. The maximum atomic E-state index is 11.0. The molecule has 0 spiro atoms. The summed E-state index contributed by atoms with van der Waals surface area (Å²) in [6, 6.07) is 25.8. The predicted molar refractivity (Wildman–Crippen MR) is 159 cm³/mol. The molecule has 0 fully saturated rings. The third kappa shape index (κ3) is 3.98. The molecule has 38 heavy (non-hydrogen) atoms. The molecule has 4 aromatic carbocycles. The van der Waals surface area contributed by atoms with Crippen molar-refractivity contribution in [2.45, 2.75) is 12.8 Å². The SMILES string of the molecule is O=CPc1ncc(-c2ccc3cc(-c4ccc5c6c(ccc5c4)-c4nc(PC=O)[nH]c4CC6)ccc3c2)[nH]1. The van der Waals surface area contributed by atoms with Crippen molar-refractivity contribution in [1.29, 1.82) is 0 Å². The van der Waals surface area contributed by atoms with Crippen LogP contribution >= 0.6 is 17.2 Å². The fourth-order valence-corrected chi connectivity index (χ4v) is 6.41. The molecule has 0 bridgehead atoms.